The number of ether oxygens (including phenoxy) is 1. The van der Waals surface area contributed by atoms with E-state index in [-0.39, 0.29) is 16.9 Å². The summed E-state index contributed by atoms with van der Waals surface area (Å²) in [6.07, 6.45) is 7.32. The molecule has 0 aromatic heterocycles. The first-order chi connectivity index (χ1) is 17.2. The second kappa shape index (κ2) is 11.4. The van der Waals surface area contributed by atoms with Crippen LogP contribution in [-0.4, -0.2) is 43.2 Å². The van der Waals surface area contributed by atoms with Crippen molar-refractivity contribution in [1.82, 2.24) is 5.32 Å². The lowest BCUT2D eigenvalue weighted by Crippen LogP contribution is -2.54. The fourth-order valence-corrected chi connectivity index (χ4v) is 6.40. The van der Waals surface area contributed by atoms with E-state index in [0.29, 0.717) is 17.4 Å². The Morgan fingerprint density at radius 3 is 2.06 bits per heavy atom. The third kappa shape index (κ3) is 5.99. The number of aryl methyl sites for hydroxylation is 1. The van der Waals surface area contributed by atoms with Crippen molar-refractivity contribution in [2.24, 2.45) is 17.8 Å². The zero-order valence-corrected chi connectivity index (χ0v) is 21.6. The number of esters is 1. The summed E-state index contributed by atoms with van der Waals surface area (Å²) in [5, 5.41) is 15.0. The fraction of sp³-hybridized carbons (Fsp3) is 0.536. The van der Waals surface area contributed by atoms with Gasteiger partial charge in [0, 0.05) is 30.8 Å². The van der Waals surface area contributed by atoms with Crippen LogP contribution in [0.1, 0.15) is 56.1 Å². The van der Waals surface area contributed by atoms with Crippen LogP contribution in [0.15, 0.2) is 59.5 Å². The van der Waals surface area contributed by atoms with Crippen molar-refractivity contribution < 1.29 is 27.6 Å². The molecule has 0 amide bonds. The van der Waals surface area contributed by atoms with E-state index >= 15 is 0 Å². The lowest BCUT2D eigenvalue weighted by atomic mass is 9.75. The highest BCUT2D eigenvalue weighted by molar-refractivity contribution is 7.85. The second-order valence-corrected chi connectivity index (χ2v) is 11.8. The molecule has 0 radical (unpaired) electrons. The van der Waals surface area contributed by atoms with Crippen molar-refractivity contribution in [3.63, 3.8) is 0 Å². The van der Waals surface area contributed by atoms with E-state index in [9.17, 15) is 18.3 Å². The van der Waals surface area contributed by atoms with E-state index in [2.05, 4.69) is 5.32 Å². The molecule has 1 saturated heterocycles. The van der Waals surface area contributed by atoms with Crippen molar-refractivity contribution in [2.45, 2.75) is 68.5 Å². The third-order valence-electron chi connectivity index (χ3n) is 7.93. The number of nitrogens with one attached hydrogen (secondary N) is 1. The van der Waals surface area contributed by atoms with Gasteiger partial charge < -0.3 is 15.2 Å². The number of hydrogen-bond acceptors (Lipinski definition) is 6. The normalized spacial score (nSPS) is 25.8. The Morgan fingerprint density at radius 1 is 0.917 bits per heavy atom. The molecule has 2 aromatic carbocycles. The lowest BCUT2D eigenvalue weighted by molar-refractivity contribution is -0.188. The Labute approximate surface area is 214 Å². The number of hydrogen-bond donors (Lipinski definition) is 3. The zero-order chi connectivity index (χ0) is 25.8. The van der Waals surface area contributed by atoms with E-state index in [1.165, 1.54) is 18.6 Å². The third-order valence-corrected chi connectivity index (χ3v) is 8.79. The van der Waals surface area contributed by atoms with Gasteiger partial charge in [-0.1, -0.05) is 67.3 Å². The first-order valence-corrected chi connectivity index (χ1v) is 14.4. The zero-order valence-electron chi connectivity index (χ0n) is 20.8. The molecule has 196 valence electrons. The number of carbonyl (C=O) groups is 1. The number of benzene rings is 2. The SMILES string of the molecule is Cc1ccc(S(=O)(=O)O)cc1.O=C(OC1C2CCCC1CNC2)[C@](O)(c1ccccc1)C1CCCC1. The van der Waals surface area contributed by atoms with Crippen LogP contribution in [0.2, 0.25) is 0 Å². The van der Waals surface area contributed by atoms with Gasteiger partial charge in [0.25, 0.3) is 10.1 Å². The maximum absolute atomic E-state index is 13.3. The minimum absolute atomic E-state index is 0.0380. The van der Waals surface area contributed by atoms with Crippen molar-refractivity contribution in [3.05, 3.63) is 65.7 Å². The Balaban J connectivity index is 0.000000233. The number of aliphatic hydroxyl groups is 1. The predicted octanol–water partition coefficient (Wildman–Crippen LogP) is 4.24. The number of piperidine rings is 1. The molecule has 1 heterocycles. The fourth-order valence-electron chi connectivity index (χ4n) is 5.92. The molecule has 5 rings (SSSR count). The molecule has 2 aliphatic carbocycles. The van der Waals surface area contributed by atoms with Gasteiger partial charge in [-0.3, -0.25) is 4.55 Å². The van der Waals surface area contributed by atoms with E-state index in [1.54, 1.807) is 12.1 Å². The van der Waals surface area contributed by atoms with Crippen molar-refractivity contribution >= 4 is 16.1 Å². The highest BCUT2D eigenvalue weighted by Gasteiger charge is 2.50. The number of carbonyl (C=O) groups excluding carboxylic acids is 1. The van der Waals surface area contributed by atoms with Gasteiger partial charge in [0.1, 0.15) is 6.10 Å². The summed E-state index contributed by atoms with van der Waals surface area (Å²) in [6, 6.07) is 15.4. The van der Waals surface area contributed by atoms with Gasteiger partial charge in [-0.2, -0.15) is 8.42 Å². The molecular weight excluding hydrogens is 478 g/mol. The molecule has 2 saturated carbocycles. The van der Waals surface area contributed by atoms with Crippen LogP contribution in [0.3, 0.4) is 0 Å². The summed E-state index contributed by atoms with van der Waals surface area (Å²) in [5.74, 6) is 0.318. The average molecular weight is 516 g/mol. The number of rotatable bonds is 5. The second-order valence-electron chi connectivity index (χ2n) is 10.4. The lowest BCUT2D eigenvalue weighted by Gasteiger charge is -2.43. The molecule has 3 aliphatic rings. The van der Waals surface area contributed by atoms with E-state index in [4.69, 9.17) is 9.29 Å². The van der Waals surface area contributed by atoms with Gasteiger partial charge in [0.05, 0.1) is 4.90 Å². The Kier molecular flexibility index (Phi) is 8.50. The Hall–Kier alpha value is -2.26. The van der Waals surface area contributed by atoms with Crippen LogP contribution in [-0.2, 0) is 25.3 Å². The van der Waals surface area contributed by atoms with Gasteiger partial charge in [-0.15, -0.1) is 0 Å². The summed E-state index contributed by atoms with van der Waals surface area (Å²) >= 11 is 0. The van der Waals surface area contributed by atoms with Crippen molar-refractivity contribution in [1.29, 1.82) is 0 Å². The summed E-state index contributed by atoms with van der Waals surface area (Å²) in [6.45, 7) is 3.68. The first kappa shape index (κ1) is 26.8. The molecule has 7 nitrogen and oxygen atoms in total. The molecule has 8 heteroatoms. The van der Waals surface area contributed by atoms with Crippen LogP contribution in [0.25, 0.3) is 0 Å². The monoisotopic (exact) mass is 515 g/mol. The molecule has 2 aromatic rings. The summed E-state index contributed by atoms with van der Waals surface area (Å²) < 4.78 is 35.6. The van der Waals surface area contributed by atoms with Gasteiger partial charge in [0.15, 0.2) is 5.60 Å². The quantitative estimate of drug-likeness (QED) is 0.403. The molecule has 36 heavy (non-hydrogen) atoms. The number of fused-ring (bicyclic) bond motifs is 2. The Bertz CT molecular complexity index is 1090. The maximum atomic E-state index is 13.3. The predicted molar refractivity (Wildman–Crippen MR) is 137 cm³/mol. The topological polar surface area (TPSA) is 113 Å². The molecule has 3 fully saturated rings. The minimum atomic E-state index is -4.02. The van der Waals surface area contributed by atoms with Gasteiger partial charge in [-0.25, -0.2) is 4.79 Å². The van der Waals surface area contributed by atoms with Crippen molar-refractivity contribution in [3.8, 4) is 0 Å². The average Bonchev–Trinajstić information content (AvgIpc) is 3.40. The van der Waals surface area contributed by atoms with Crippen LogP contribution >= 0.6 is 0 Å². The molecule has 0 spiro atoms. The minimum Gasteiger partial charge on any atom is -0.459 e. The Morgan fingerprint density at radius 2 is 1.50 bits per heavy atom. The highest BCUT2D eigenvalue weighted by atomic mass is 32.2. The maximum Gasteiger partial charge on any atom is 0.343 e. The molecule has 3 N–H and O–H groups in total. The van der Waals surface area contributed by atoms with Gasteiger partial charge in [0.2, 0.25) is 0 Å². The van der Waals surface area contributed by atoms with Crippen LogP contribution in [0.4, 0.5) is 0 Å². The highest BCUT2D eigenvalue weighted by Crippen LogP contribution is 2.43. The van der Waals surface area contributed by atoms with Crippen LogP contribution in [0.5, 0.6) is 0 Å². The summed E-state index contributed by atoms with van der Waals surface area (Å²) in [4.78, 5) is 13.2. The first-order valence-electron chi connectivity index (χ1n) is 12.9. The molecule has 2 bridgehead atoms. The summed E-state index contributed by atoms with van der Waals surface area (Å²) in [7, 11) is -4.02. The smallest absolute Gasteiger partial charge is 0.343 e. The summed E-state index contributed by atoms with van der Waals surface area (Å²) in [5.41, 5.74) is 0.139. The molecular formula is C28H37NO6S. The standard InChI is InChI=1S/C21H29NO3.C7H8O3S/c23-20(25-19-15-7-6-8-16(19)14-22-13-15)21(24,18-11-4-5-12-18)17-9-2-1-3-10-17;1-6-2-4-7(5-3-6)11(8,9)10/h1-3,9-10,15-16,18-19,22,24H,4-8,11-14H2;2-5H,1H3,(H,8,9,10)/t15?,16?,19?,21-;/m0./s1. The van der Waals surface area contributed by atoms with Crippen LogP contribution in [0, 0.1) is 24.7 Å². The van der Waals surface area contributed by atoms with E-state index in [0.717, 1.165) is 57.2 Å². The molecule has 2 unspecified atom stereocenters. The van der Waals surface area contributed by atoms with Crippen LogP contribution < -0.4 is 5.32 Å². The van der Waals surface area contributed by atoms with E-state index < -0.39 is 21.7 Å². The van der Waals surface area contributed by atoms with Gasteiger partial charge in [-0.05, 0) is 50.3 Å². The van der Waals surface area contributed by atoms with E-state index in [1.807, 2.05) is 37.3 Å². The molecule has 1 aliphatic heterocycles. The molecule has 3 atom stereocenters. The van der Waals surface area contributed by atoms with Gasteiger partial charge >= 0.3 is 5.97 Å². The van der Waals surface area contributed by atoms with Crippen molar-refractivity contribution in [2.75, 3.05) is 13.1 Å². The largest absolute Gasteiger partial charge is 0.459 e.